The van der Waals surface area contributed by atoms with Gasteiger partial charge in [0.25, 0.3) is 0 Å². The van der Waals surface area contributed by atoms with Gasteiger partial charge in [0.05, 0.1) is 22.4 Å². The summed E-state index contributed by atoms with van der Waals surface area (Å²) in [5, 5.41) is 7.94. The van der Waals surface area contributed by atoms with Gasteiger partial charge < -0.3 is 10.1 Å². The molecule has 1 rings (SSSR count). The highest BCUT2D eigenvalue weighted by molar-refractivity contribution is 6.51. The van der Waals surface area contributed by atoms with Crippen LogP contribution in [0.2, 0.25) is 0 Å². The predicted octanol–water partition coefficient (Wildman–Crippen LogP) is 2.44. The van der Waals surface area contributed by atoms with Gasteiger partial charge in [-0.05, 0) is 13.0 Å². The summed E-state index contributed by atoms with van der Waals surface area (Å²) < 4.78 is 4.78. The minimum atomic E-state index is -0.732. The topological polar surface area (TPSA) is 50.2 Å². The number of allylic oxidation sites excluding steroid dienone is 3. The van der Waals surface area contributed by atoms with Crippen molar-refractivity contribution in [2.45, 2.75) is 6.92 Å². The Hall–Kier alpha value is -0.800. The van der Waals surface area contributed by atoms with Gasteiger partial charge >= 0.3 is 5.97 Å². The van der Waals surface area contributed by atoms with Crippen molar-refractivity contribution in [3.63, 3.8) is 0 Å². The minimum Gasteiger partial charge on any atom is -0.465 e. The van der Waals surface area contributed by atoms with E-state index in [9.17, 15) is 4.79 Å². The molecule has 0 radical (unpaired) electrons. The van der Waals surface area contributed by atoms with E-state index in [4.69, 9.17) is 33.3 Å². The van der Waals surface area contributed by atoms with Crippen molar-refractivity contribution in [2.24, 2.45) is 5.92 Å². The van der Waals surface area contributed by atoms with Crippen LogP contribution in [0.3, 0.4) is 0 Å². The minimum absolute atomic E-state index is 0.0161. The number of esters is 1. The number of carbonyl (C=O) groups excluding carboxylic acids is 1. The molecule has 0 amide bonds. The van der Waals surface area contributed by atoms with E-state index in [2.05, 4.69) is 0 Å². The van der Waals surface area contributed by atoms with Crippen molar-refractivity contribution in [1.82, 2.24) is 0 Å². The van der Waals surface area contributed by atoms with Crippen LogP contribution in [0.25, 0.3) is 0 Å². The maximum atomic E-state index is 11.3. The summed E-state index contributed by atoms with van der Waals surface area (Å²) in [4.78, 5) is 11.3. The maximum absolute atomic E-state index is 11.3. The second-order valence-electron chi connectivity index (χ2n) is 2.66. The number of carbonyl (C=O) groups is 1. The molecule has 0 saturated heterocycles. The van der Waals surface area contributed by atoms with Crippen LogP contribution >= 0.6 is 23.2 Å². The molecule has 1 atom stereocenters. The van der Waals surface area contributed by atoms with Gasteiger partial charge in [-0.1, -0.05) is 29.3 Å². The Morgan fingerprint density at radius 3 is 2.86 bits per heavy atom. The number of nitrogens with one attached hydrogen (secondary N) is 1. The number of ether oxygens (including phenoxy) is 1. The fourth-order valence-electron chi connectivity index (χ4n) is 1.04. The molecular formula is C9H9Cl2NO2. The standard InChI is InChI=1S/C9H9Cl2NO2/c1-2-14-9(13)5-3-4-6(10)7(11)8(5)12/h3-5,12H,2H2,1H3. The van der Waals surface area contributed by atoms with Crippen LogP contribution in [0, 0.1) is 11.3 Å². The van der Waals surface area contributed by atoms with Crippen LogP contribution in [-0.2, 0) is 9.53 Å². The van der Waals surface area contributed by atoms with Crippen molar-refractivity contribution >= 4 is 34.9 Å². The fraction of sp³-hybridized carbons (Fsp3) is 0.333. The molecule has 0 aromatic carbocycles. The van der Waals surface area contributed by atoms with Crippen molar-refractivity contribution in [2.75, 3.05) is 6.61 Å². The largest absolute Gasteiger partial charge is 0.465 e. The first-order valence-corrected chi connectivity index (χ1v) is 4.82. The van der Waals surface area contributed by atoms with Crippen molar-refractivity contribution < 1.29 is 9.53 Å². The molecule has 1 N–H and O–H groups in total. The van der Waals surface area contributed by atoms with Gasteiger partial charge in [-0.3, -0.25) is 4.79 Å². The van der Waals surface area contributed by atoms with Gasteiger partial charge in [0.2, 0.25) is 0 Å². The Labute approximate surface area is 91.8 Å². The second-order valence-corrected chi connectivity index (χ2v) is 3.45. The molecular weight excluding hydrogens is 225 g/mol. The number of halogens is 2. The van der Waals surface area contributed by atoms with Gasteiger partial charge in [0.1, 0.15) is 5.92 Å². The molecule has 3 nitrogen and oxygen atoms in total. The Bertz CT molecular complexity index is 334. The summed E-state index contributed by atoms with van der Waals surface area (Å²) >= 11 is 11.4. The molecule has 0 aliphatic heterocycles. The highest BCUT2D eigenvalue weighted by Crippen LogP contribution is 2.26. The first-order chi connectivity index (χ1) is 6.57. The van der Waals surface area contributed by atoms with E-state index in [-0.39, 0.29) is 22.4 Å². The van der Waals surface area contributed by atoms with Crippen LogP contribution in [0.1, 0.15) is 6.92 Å². The Balaban J connectivity index is 2.83. The molecule has 1 aliphatic carbocycles. The highest BCUT2D eigenvalue weighted by atomic mass is 35.5. The van der Waals surface area contributed by atoms with E-state index in [0.29, 0.717) is 0 Å². The van der Waals surface area contributed by atoms with Crippen LogP contribution in [0.4, 0.5) is 0 Å². The van der Waals surface area contributed by atoms with Gasteiger partial charge in [-0.25, -0.2) is 0 Å². The lowest BCUT2D eigenvalue weighted by atomic mass is 9.98. The quantitative estimate of drug-likeness (QED) is 0.746. The Morgan fingerprint density at radius 2 is 2.29 bits per heavy atom. The van der Waals surface area contributed by atoms with Gasteiger partial charge in [0.15, 0.2) is 0 Å². The zero-order valence-corrected chi connectivity index (χ0v) is 9.02. The lowest BCUT2D eigenvalue weighted by molar-refractivity contribution is -0.144. The van der Waals surface area contributed by atoms with Crippen molar-refractivity contribution in [3.8, 4) is 0 Å². The van der Waals surface area contributed by atoms with E-state index in [1.807, 2.05) is 0 Å². The van der Waals surface area contributed by atoms with Crippen molar-refractivity contribution in [3.05, 3.63) is 22.2 Å². The van der Waals surface area contributed by atoms with Gasteiger partial charge in [-0.15, -0.1) is 0 Å². The maximum Gasteiger partial charge on any atom is 0.318 e. The Morgan fingerprint density at radius 1 is 1.64 bits per heavy atom. The number of hydrogen-bond acceptors (Lipinski definition) is 3. The zero-order chi connectivity index (χ0) is 10.7. The first kappa shape index (κ1) is 11.3. The van der Waals surface area contributed by atoms with E-state index in [1.54, 1.807) is 6.92 Å². The van der Waals surface area contributed by atoms with E-state index >= 15 is 0 Å². The molecule has 0 aromatic rings. The molecule has 0 aromatic heterocycles. The van der Waals surface area contributed by atoms with Gasteiger partial charge in [0, 0.05) is 0 Å². The third-order valence-electron chi connectivity index (χ3n) is 1.73. The summed E-state index contributed by atoms with van der Waals surface area (Å²) in [6.07, 6.45) is 3.01. The predicted molar refractivity (Wildman–Crippen MR) is 55.7 cm³/mol. The summed E-state index contributed by atoms with van der Waals surface area (Å²) in [6.45, 7) is 1.99. The second kappa shape index (κ2) is 4.62. The van der Waals surface area contributed by atoms with E-state index < -0.39 is 11.9 Å². The van der Waals surface area contributed by atoms with Crippen LogP contribution < -0.4 is 0 Å². The number of hydrogen-bond donors (Lipinski definition) is 1. The molecule has 0 spiro atoms. The molecule has 1 aliphatic rings. The third-order valence-corrected chi connectivity index (χ3v) is 2.55. The fourth-order valence-corrected chi connectivity index (χ4v) is 1.40. The first-order valence-electron chi connectivity index (χ1n) is 4.06. The smallest absolute Gasteiger partial charge is 0.318 e. The average molecular weight is 234 g/mol. The molecule has 1 unspecified atom stereocenters. The zero-order valence-electron chi connectivity index (χ0n) is 7.51. The monoisotopic (exact) mass is 233 g/mol. The third kappa shape index (κ3) is 2.16. The van der Waals surface area contributed by atoms with Crippen molar-refractivity contribution in [1.29, 1.82) is 5.41 Å². The lowest BCUT2D eigenvalue weighted by Crippen LogP contribution is -2.26. The molecule has 14 heavy (non-hydrogen) atoms. The van der Waals surface area contributed by atoms with E-state index in [0.717, 1.165) is 0 Å². The highest BCUT2D eigenvalue weighted by Gasteiger charge is 2.27. The molecule has 5 heteroatoms. The SMILES string of the molecule is CCOC(=O)C1C=CC(Cl)=C(Cl)C1=N. The summed E-state index contributed by atoms with van der Waals surface area (Å²) in [7, 11) is 0. The molecule has 0 bridgehead atoms. The molecule has 0 fully saturated rings. The summed E-state index contributed by atoms with van der Waals surface area (Å²) in [6, 6.07) is 0. The van der Waals surface area contributed by atoms with E-state index in [1.165, 1.54) is 12.2 Å². The molecule has 76 valence electrons. The molecule has 0 saturated carbocycles. The number of rotatable bonds is 2. The van der Waals surface area contributed by atoms with Crippen LogP contribution in [-0.4, -0.2) is 18.3 Å². The Kier molecular flexibility index (Phi) is 3.72. The van der Waals surface area contributed by atoms with Crippen LogP contribution in [0.15, 0.2) is 22.2 Å². The van der Waals surface area contributed by atoms with Crippen LogP contribution in [0.5, 0.6) is 0 Å². The lowest BCUT2D eigenvalue weighted by Gasteiger charge is -2.16. The molecule has 0 heterocycles. The average Bonchev–Trinajstić information content (AvgIpc) is 2.15. The summed E-state index contributed by atoms with van der Waals surface area (Å²) in [5.41, 5.74) is -0.0161. The summed E-state index contributed by atoms with van der Waals surface area (Å²) in [5.74, 6) is -1.21. The van der Waals surface area contributed by atoms with Gasteiger partial charge in [-0.2, -0.15) is 0 Å². The normalized spacial score (nSPS) is 21.4.